The van der Waals surface area contributed by atoms with Crippen LogP contribution in [0.1, 0.15) is 26.4 Å². The Balaban J connectivity index is 1.51. The molecule has 6 nitrogen and oxygen atoms in total. The molecule has 2 aromatic heterocycles. The quantitative estimate of drug-likeness (QED) is 0.297. The fourth-order valence-electron chi connectivity index (χ4n) is 2.99. The summed E-state index contributed by atoms with van der Waals surface area (Å²) in [5.41, 5.74) is 1.68. The second-order valence-corrected chi connectivity index (χ2v) is 8.71. The number of anilines is 1. The predicted octanol–water partition coefficient (Wildman–Crippen LogP) is 6.65. The highest BCUT2D eigenvalue weighted by atomic mass is 35.5. The Bertz CT molecular complexity index is 1290. The Hall–Kier alpha value is -3.39. The van der Waals surface area contributed by atoms with E-state index in [1.807, 2.05) is 12.1 Å². The number of aromatic carboxylic acids is 1. The number of carbonyl (C=O) groups excluding carboxylic acids is 1. The average Bonchev–Trinajstić information content (AvgIpc) is 3.24. The number of carboxylic acid groups (broad SMARTS) is 1. The summed E-state index contributed by atoms with van der Waals surface area (Å²) in [4.78, 5) is 28.8. The number of hydrogen-bond donors (Lipinski definition) is 2. The lowest BCUT2D eigenvalue weighted by molar-refractivity contribution is 0.0698. The van der Waals surface area contributed by atoms with Gasteiger partial charge in [0.25, 0.3) is 5.91 Å². The highest BCUT2D eigenvalue weighted by Gasteiger charge is 2.19. The summed E-state index contributed by atoms with van der Waals surface area (Å²) < 4.78 is 5.79. The molecule has 0 spiro atoms. The fraction of sp³-hybridized carbons (Fsp3) is 0.0417. The van der Waals surface area contributed by atoms with E-state index in [1.54, 1.807) is 48.5 Å². The van der Waals surface area contributed by atoms with E-state index in [9.17, 15) is 14.7 Å². The van der Waals surface area contributed by atoms with Gasteiger partial charge in [-0.05, 0) is 60.2 Å². The highest BCUT2D eigenvalue weighted by molar-refractivity contribution is 7.20. The number of rotatable bonds is 7. The van der Waals surface area contributed by atoms with Crippen LogP contribution in [0.25, 0.3) is 10.4 Å². The standard InChI is InChI=1S/C24H16Cl2N2O4S/c25-18-4-3-5-19(26)17(18)13-32-15-9-7-14(8-10-15)21-12-16(24(30)31)23(33-21)28-22(29)20-6-1-2-11-27-20/h1-12H,13H2,(H,28,29)(H,30,31). The van der Waals surface area contributed by atoms with Gasteiger partial charge in [-0.2, -0.15) is 0 Å². The van der Waals surface area contributed by atoms with Crippen molar-refractivity contribution >= 4 is 51.4 Å². The topological polar surface area (TPSA) is 88.5 Å². The number of amides is 1. The van der Waals surface area contributed by atoms with Crippen LogP contribution >= 0.6 is 34.5 Å². The van der Waals surface area contributed by atoms with Crippen LogP contribution < -0.4 is 10.1 Å². The molecule has 0 unspecified atom stereocenters. The van der Waals surface area contributed by atoms with Crippen LogP contribution in [0.5, 0.6) is 5.75 Å². The van der Waals surface area contributed by atoms with Crippen molar-refractivity contribution in [3.05, 3.63) is 99.8 Å². The minimum atomic E-state index is -1.13. The monoisotopic (exact) mass is 498 g/mol. The number of carboxylic acids is 1. The zero-order valence-electron chi connectivity index (χ0n) is 16.9. The molecule has 0 atom stereocenters. The van der Waals surface area contributed by atoms with Crippen molar-refractivity contribution in [1.82, 2.24) is 4.98 Å². The van der Waals surface area contributed by atoms with Crippen molar-refractivity contribution in [3.8, 4) is 16.2 Å². The number of thiophene rings is 1. The van der Waals surface area contributed by atoms with Gasteiger partial charge in [0.2, 0.25) is 0 Å². The largest absolute Gasteiger partial charge is 0.489 e. The molecule has 0 fully saturated rings. The maximum absolute atomic E-state index is 12.4. The van der Waals surface area contributed by atoms with Crippen LogP contribution in [0.3, 0.4) is 0 Å². The molecule has 2 heterocycles. The molecular weight excluding hydrogens is 483 g/mol. The number of carbonyl (C=O) groups is 2. The molecule has 166 valence electrons. The van der Waals surface area contributed by atoms with Crippen molar-refractivity contribution < 1.29 is 19.4 Å². The normalized spacial score (nSPS) is 10.6. The molecule has 0 aliphatic rings. The Morgan fingerprint density at radius 2 is 1.73 bits per heavy atom. The molecule has 4 aromatic rings. The molecule has 0 saturated carbocycles. The van der Waals surface area contributed by atoms with Crippen LogP contribution in [0.15, 0.2) is 72.9 Å². The summed E-state index contributed by atoms with van der Waals surface area (Å²) in [6.07, 6.45) is 1.50. The van der Waals surface area contributed by atoms with E-state index in [4.69, 9.17) is 27.9 Å². The molecule has 0 aliphatic heterocycles. The first-order valence-electron chi connectivity index (χ1n) is 9.68. The zero-order valence-corrected chi connectivity index (χ0v) is 19.2. The second kappa shape index (κ2) is 10.0. The van der Waals surface area contributed by atoms with E-state index in [2.05, 4.69) is 10.3 Å². The summed E-state index contributed by atoms with van der Waals surface area (Å²) >= 11 is 13.5. The molecule has 33 heavy (non-hydrogen) atoms. The van der Waals surface area contributed by atoms with Crippen molar-refractivity contribution in [1.29, 1.82) is 0 Å². The van der Waals surface area contributed by atoms with Crippen LogP contribution in [0.2, 0.25) is 10.0 Å². The Morgan fingerprint density at radius 1 is 1.00 bits per heavy atom. The van der Waals surface area contributed by atoms with Gasteiger partial charge in [-0.1, -0.05) is 35.3 Å². The lowest BCUT2D eigenvalue weighted by atomic mass is 10.1. The van der Waals surface area contributed by atoms with Crippen LogP contribution in [-0.4, -0.2) is 22.0 Å². The average molecular weight is 499 g/mol. The van der Waals surface area contributed by atoms with E-state index in [1.165, 1.54) is 23.6 Å². The molecule has 0 bridgehead atoms. The summed E-state index contributed by atoms with van der Waals surface area (Å²) in [6.45, 7) is 0.212. The van der Waals surface area contributed by atoms with Gasteiger partial charge >= 0.3 is 5.97 Å². The van der Waals surface area contributed by atoms with Crippen LogP contribution in [-0.2, 0) is 6.61 Å². The highest BCUT2D eigenvalue weighted by Crippen LogP contribution is 2.36. The number of ether oxygens (including phenoxy) is 1. The van der Waals surface area contributed by atoms with Gasteiger partial charge in [-0.15, -0.1) is 11.3 Å². The van der Waals surface area contributed by atoms with E-state index < -0.39 is 11.9 Å². The van der Waals surface area contributed by atoms with Gasteiger partial charge < -0.3 is 15.2 Å². The van der Waals surface area contributed by atoms with E-state index in [-0.39, 0.29) is 22.9 Å². The fourth-order valence-corrected chi connectivity index (χ4v) is 4.55. The Kier molecular flexibility index (Phi) is 6.93. The zero-order chi connectivity index (χ0) is 23.4. The first kappa shape index (κ1) is 22.8. The maximum atomic E-state index is 12.4. The number of nitrogens with zero attached hydrogens (tertiary/aromatic N) is 1. The number of aromatic nitrogens is 1. The minimum Gasteiger partial charge on any atom is -0.489 e. The molecular formula is C24H16Cl2N2O4S. The van der Waals surface area contributed by atoms with Gasteiger partial charge in [0.05, 0.1) is 5.56 Å². The number of pyridine rings is 1. The van der Waals surface area contributed by atoms with Gasteiger partial charge in [0.15, 0.2) is 0 Å². The lowest BCUT2D eigenvalue weighted by Crippen LogP contribution is -2.14. The summed E-state index contributed by atoms with van der Waals surface area (Å²) in [5.74, 6) is -1.01. The minimum absolute atomic E-state index is 0.00738. The van der Waals surface area contributed by atoms with Gasteiger partial charge in [0, 0.05) is 26.7 Å². The van der Waals surface area contributed by atoms with E-state index in [0.29, 0.717) is 26.2 Å². The summed E-state index contributed by atoms with van der Waals surface area (Å²) in [7, 11) is 0. The third kappa shape index (κ3) is 5.34. The Morgan fingerprint density at radius 3 is 2.36 bits per heavy atom. The molecule has 0 saturated heterocycles. The number of hydrogen-bond acceptors (Lipinski definition) is 5. The van der Waals surface area contributed by atoms with Crippen LogP contribution in [0, 0.1) is 0 Å². The molecule has 4 rings (SSSR count). The van der Waals surface area contributed by atoms with Crippen molar-refractivity contribution in [2.45, 2.75) is 6.61 Å². The van der Waals surface area contributed by atoms with Crippen LogP contribution in [0.4, 0.5) is 5.00 Å². The lowest BCUT2D eigenvalue weighted by Gasteiger charge is -2.10. The maximum Gasteiger partial charge on any atom is 0.338 e. The Labute approximate surface area is 203 Å². The molecule has 0 aliphatic carbocycles. The number of halogens is 2. The summed E-state index contributed by atoms with van der Waals surface area (Å²) in [6, 6.07) is 18.9. The van der Waals surface area contributed by atoms with Crippen molar-refractivity contribution in [3.63, 3.8) is 0 Å². The molecule has 9 heteroatoms. The van der Waals surface area contributed by atoms with Gasteiger partial charge in [-0.3, -0.25) is 9.78 Å². The van der Waals surface area contributed by atoms with Crippen molar-refractivity contribution in [2.75, 3.05) is 5.32 Å². The molecule has 0 radical (unpaired) electrons. The smallest absolute Gasteiger partial charge is 0.338 e. The molecule has 1 amide bonds. The van der Waals surface area contributed by atoms with Gasteiger partial charge in [0.1, 0.15) is 23.1 Å². The van der Waals surface area contributed by atoms with Gasteiger partial charge in [-0.25, -0.2) is 4.79 Å². The second-order valence-electron chi connectivity index (χ2n) is 6.84. The third-order valence-corrected chi connectivity index (χ3v) is 6.48. The molecule has 2 N–H and O–H groups in total. The van der Waals surface area contributed by atoms with Crippen molar-refractivity contribution in [2.24, 2.45) is 0 Å². The SMILES string of the molecule is O=C(Nc1sc(-c2ccc(OCc3c(Cl)cccc3Cl)cc2)cc1C(=O)O)c1ccccn1. The van der Waals surface area contributed by atoms with E-state index >= 15 is 0 Å². The number of benzene rings is 2. The predicted molar refractivity (Wildman–Crippen MR) is 130 cm³/mol. The summed E-state index contributed by atoms with van der Waals surface area (Å²) in [5, 5.41) is 13.5. The number of nitrogens with one attached hydrogen (secondary N) is 1. The molecule has 2 aromatic carbocycles. The first-order chi connectivity index (χ1) is 15.9. The third-order valence-electron chi connectivity index (χ3n) is 4.67. The van der Waals surface area contributed by atoms with E-state index in [0.717, 1.165) is 5.56 Å². The first-order valence-corrected chi connectivity index (χ1v) is 11.3.